The van der Waals surface area contributed by atoms with Crippen LogP contribution in [0.5, 0.6) is 0 Å². The van der Waals surface area contributed by atoms with Crippen molar-refractivity contribution in [1.29, 1.82) is 0 Å². The molecule has 0 unspecified atom stereocenters. The summed E-state index contributed by atoms with van der Waals surface area (Å²) >= 11 is 1.28. The van der Waals surface area contributed by atoms with E-state index in [9.17, 15) is 14.0 Å². The molecule has 3 heterocycles. The van der Waals surface area contributed by atoms with E-state index in [2.05, 4.69) is 21.4 Å². The Hall–Kier alpha value is -4.30. The molecule has 0 saturated heterocycles. The summed E-state index contributed by atoms with van der Waals surface area (Å²) < 4.78 is 14.1. The number of nitrogens with one attached hydrogen (secondary N) is 2. The fourth-order valence-electron chi connectivity index (χ4n) is 4.55. The summed E-state index contributed by atoms with van der Waals surface area (Å²) in [5.74, 6) is -1.18. The van der Waals surface area contributed by atoms with E-state index in [1.165, 1.54) is 34.4 Å². The number of fused-ring (bicyclic) bond motifs is 2. The highest BCUT2D eigenvalue weighted by atomic mass is 32.1. The van der Waals surface area contributed by atoms with E-state index in [1.54, 1.807) is 17.6 Å². The predicted octanol–water partition coefficient (Wildman–Crippen LogP) is 5.77. The van der Waals surface area contributed by atoms with Crippen molar-refractivity contribution in [1.82, 2.24) is 14.9 Å². The molecule has 0 bridgehead atoms. The number of nitrogens with zero attached hydrogens (tertiary/aromatic N) is 2. The summed E-state index contributed by atoms with van der Waals surface area (Å²) in [7, 11) is 0. The van der Waals surface area contributed by atoms with Crippen LogP contribution in [-0.2, 0) is 11.3 Å². The van der Waals surface area contributed by atoms with Crippen LogP contribution in [0.3, 0.4) is 0 Å². The Morgan fingerprint density at radius 1 is 1.09 bits per heavy atom. The van der Waals surface area contributed by atoms with Crippen LogP contribution in [0, 0.1) is 5.82 Å². The van der Waals surface area contributed by atoms with Gasteiger partial charge in [-0.2, -0.15) is 0 Å². The number of H-pyrrole nitrogens is 1. The zero-order valence-corrected chi connectivity index (χ0v) is 19.2. The first-order valence-electron chi connectivity index (χ1n) is 11.0. The van der Waals surface area contributed by atoms with Crippen LogP contribution in [0.4, 0.5) is 9.52 Å². The van der Waals surface area contributed by atoms with Gasteiger partial charge >= 0.3 is 0 Å². The average molecular weight is 483 g/mol. The van der Waals surface area contributed by atoms with Gasteiger partial charge in [-0.1, -0.05) is 30.3 Å². The van der Waals surface area contributed by atoms with Crippen LogP contribution >= 0.6 is 11.3 Å². The molecule has 8 heteroatoms. The molecule has 1 atom stereocenters. The number of hydrogen-bond acceptors (Lipinski definition) is 4. The molecule has 2 N–H and O–H groups in total. The average Bonchev–Trinajstić information content (AvgIpc) is 3.60. The number of halogens is 1. The number of carbonyl (C=O) groups excluding carboxylic acids is 2. The fraction of sp³-hybridized carbons (Fsp3) is 0.0741. The summed E-state index contributed by atoms with van der Waals surface area (Å²) in [5, 5.41) is 6.01. The van der Waals surface area contributed by atoms with E-state index >= 15 is 0 Å². The third-order valence-electron chi connectivity index (χ3n) is 6.22. The second-order valence-corrected chi connectivity index (χ2v) is 9.26. The van der Waals surface area contributed by atoms with Crippen molar-refractivity contribution in [2.24, 2.45) is 0 Å². The minimum absolute atomic E-state index is 0.248. The molecule has 1 aliphatic rings. The molecule has 6 nitrogen and oxygen atoms in total. The van der Waals surface area contributed by atoms with Gasteiger partial charge in [-0.25, -0.2) is 9.37 Å². The minimum atomic E-state index is -1.01. The lowest BCUT2D eigenvalue weighted by Gasteiger charge is -2.27. The Kier molecular flexibility index (Phi) is 5.15. The highest BCUT2D eigenvalue weighted by Gasteiger charge is 2.38. The van der Waals surface area contributed by atoms with Gasteiger partial charge < -0.3 is 9.88 Å². The summed E-state index contributed by atoms with van der Waals surface area (Å²) in [6.45, 7) is 0.248. The third-order valence-corrected chi connectivity index (χ3v) is 6.90. The number of benzene rings is 3. The highest BCUT2D eigenvalue weighted by Crippen LogP contribution is 2.35. The van der Waals surface area contributed by atoms with Crippen molar-refractivity contribution >= 4 is 39.2 Å². The van der Waals surface area contributed by atoms with Gasteiger partial charge in [0.1, 0.15) is 11.9 Å². The van der Waals surface area contributed by atoms with E-state index in [1.807, 2.05) is 42.6 Å². The number of hydrogen-bond donors (Lipinski definition) is 2. The van der Waals surface area contributed by atoms with E-state index in [4.69, 9.17) is 0 Å². The number of aromatic nitrogens is 2. The first kappa shape index (κ1) is 21.2. The first-order valence-corrected chi connectivity index (χ1v) is 11.9. The quantitative estimate of drug-likeness (QED) is 0.334. The second-order valence-electron chi connectivity index (χ2n) is 8.37. The molecule has 0 saturated carbocycles. The van der Waals surface area contributed by atoms with E-state index in [-0.39, 0.29) is 12.5 Å². The van der Waals surface area contributed by atoms with Gasteiger partial charge in [0.2, 0.25) is 0 Å². The number of anilines is 1. The maximum absolute atomic E-state index is 14.1. The van der Waals surface area contributed by atoms with Gasteiger partial charge in [0, 0.05) is 35.4 Å². The molecule has 6 rings (SSSR count). The number of aromatic amines is 1. The Morgan fingerprint density at radius 3 is 2.77 bits per heavy atom. The molecule has 3 aromatic carbocycles. The van der Waals surface area contributed by atoms with Crippen LogP contribution in [0.1, 0.15) is 27.5 Å². The van der Waals surface area contributed by atoms with Gasteiger partial charge in [0.15, 0.2) is 5.13 Å². The normalized spacial score (nSPS) is 13.7. The van der Waals surface area contributed by atoms with Crippen molar-refractivity contribution in [3.05, 3.63) is 107 Å². The Morgan fingerprint density at radius 2 is 1.94 bits per heavy atom. The van der Waals surface area contributed by atoms with Crippen molar-refractivity contribution in [3.8, 4) is 11.1 Å². The van der Waals surface area contributed by atoms with Gasteiger partial charge in [-0.05, 0) is 64.0 Å². The van der Waals surface area contributed by atoms with Gasteiger partial charge in [0.25, 0.3) is 11.8 Å². The van der Waals surface area contributed by atoms with Crippen molar-refractivity contribution in [2.75, 3.05) is 5.32 Å². The van der Waals surface area contributed by atoms with Crippen LogP contribution in [0.15, 0.2) is 84.5 Å². The Balaban J connectivity index is 1.36. The lowest BCUT2D eigenvalue weighted by Crippen LogP contribution is -2.37. The molecule has 0 fully saturated rings. The number of amides is 2. The van der Waals surface area contributed by atoms with Crippen LogP contribution in [0.2, 0.25) is 0 Å². The lowest BCUT2D eigenvalue weighted by molar-refractivity contribution is -0.120. The van der Waals surface area contributed by atoms with Crippen molar-refractivity contribution in [2.45, 2.75) is 12.6 Å². The number of thiazole rings is 1. The Labute approximate surface area is 204 Å². The molecule has 0 radical (unpaired) electrons. The molecular formula is C27H19FN4O2S. The van der Waals surface area contributed by atoms with Crippen molar-refractivity contribution < 1.29 is 14.0 Å². The topological polar surface area (TPSA) is 78.1 Å². The zero-order valence-electron chi connectivity index (χ0n) is 18.4. The van der Waals surface area contributed by atoms with E-state index in [0.29, 0.717) is 16.3 Å². The van der Waals surface area contributed by atoms with Crippen LogP contribution in [-0.4, -0.2) is 26.7 Å². The molecule has 0 spiro atoms. The maximum atomic E-state index is 14.1. The van der Waals surface area contributed by atoms with Gasteiger partial charge in [0.05, 0.1) is 0 Å². The van der Waals surface area contributed by atoms with E-state index < -0.39 is 17.8 Å². The molecule has 1 aliphatic heterocycles. The predicted molar refractivity (Wildman–Crippen MR) is 133 cm³/mol. The fourth-order valence-corrected chi connectivity index (χ4v) is 5.08. The lowest BCUT2D eigenvalue weighted by atomic mass is 9.99. The van der Waals surface area contributed by atoms with Gasteiger partial charge in [-0.15, -0.1) is 11.3 Å². The highest BCUT2D eigenvalue weighted by molar-refractivity contribution is 7.13. The van der Waals surface area contributed by atoms with Crippen LogP contribution in [0.25, 0.3) is 22.0 Å². The minimum Gasteiger partial charge on any atom is -0.361 e. The van der Waals surface area contributed by atoms with Crippen molar-refractivity contribution in [3.63, 3.8) is 0 Å². The largest absolute Gasteiger partial charge is 0.361 e. The summed E-state index contributed by atoms with van der Waals surface area (Å²) in [6, 6.07) is 18.7. The third kappa shape index (κ3) is 3.87. The summed E-state index contributed by atoms with van der Waals surface area (Å²) in [5.41, 5.74) is 4.72. The SMILES string of the molecule is O=C(Nc1nccs1)[C@@H](c1cccc(F)c1)N1Cc2ccc(-c3ccc4[nH]ccc4c3)cc2C1=O. The molecule has 0 aliphatic carbocycles. The molecule has 2 amide bonds. The first-order chi connectivity index (χ1) is 17.1. The monoisotopic (exact) mass is 482 g/mol. The summed E-state index contributed by atoms with van der Waals surface area (Å²) in [4.78, 5) is 35.7. The summed E-state index contributed by atoms with van der Waals surface area (Å²) in [6.07, 6.45) is 3.47. The smallest absolute Gasteiger partial charge is 0.255 e. The molecule has 2 aromatic heterocycles. The second kappa shape index (κ2) is 8.48. The molecular weight excluding hydrogens is 463 g/mol. The molecule has 35 heavy (non-hydrogen) atoms. The van der Waals surface area contributed by atoms with E-state index in [0.717, 1.165) is 27.6 Å². The van der Waals surface area contributed by atoms with Crippen LogP contribution < -0.4 is 5.32 Å². The standard InChI is InChI=1S/C27H19FN4O2S/c28-21-3-1-2-19(13-21)24(25(33)31-27-30-10-11-35-27)32-15-20-5-4-17(14-22(20)26(32)34)16-6-7-23-18(12-16)8-9-29-23/h1-14,24,29H,15H2,(H,30,31,33)/t24-/m1/s1. The van der Waals surface area contributed by atoms with Gasteiger partial charge in [-0.3, -0.25) is 14.9 Å². The molecule has 172 valence electrons. The number of rotatable bonds is 5. The number of carbonyl (C=O) groups is 2. The zero-order chi connectivity index (χ0) is 23.9. The maximum Gasteiger partial charge on any atom is 0.255 e. The molecule has 5 aromatic rings. The Bertz CT molecular complexity index is 1580.